The summed E-state index contributed by atoms with van der Waals surface area (Å²) in [7, 11) is 0. The molecule has 2 heteroatoms. The van der Waals surface area contributed by atoms with Gasteiger partial charge in [0.1, 0.15) is 5.84 Å². The third kappa shape index (κ3) is 4.81. The number of amidine groups is 1. The molecule has 0 radical (unpaired) electrons. The molecule has 0 saturated heterocycles. The van der Waals surface area contributed by atoms with E-state index >= 15 is 0 Å². The van der Waals surface area contributed by atoms with Gasteiger partial charge in [-0.25, -0.2) is 0 Å². The van der Waals surface area contributed by atoms with Crippen LogP contribution < -0.4 is 5.32 Å². The van der Waals surface area contributed by atoms with Crippen molar-refractivity contribution in [3.8, 4) is 0 Å². The van der Waals surface area contributed by atoms with Crippen LogP contribution in [0.25, 0.3) is 0 Å². The molecule has 0 heterocycles. The molecule has 0 aromatic carbocycles. The van der Waals surface area contributed by atoms with E-state index < -0.39 is 0 Å². The minimum absolute atomic E-state index is 0.380. The van der Waals surface area contributed by atoms with Crippen LogP contribution >= 0.6 is 0 Å². The van der Waals surface area contributed by atoms with Crippen molar-refractivity contribution in [2.75, 3.05) is 0 Å². The fraction of sp³-hybridized carbons (Fsp3) is 0.286. The number of hydrogen-bond acceptors (Lipinski definition) is 1. The summed E-state index contributed by atoms with van der Waals surface area (Å²) in [5, 5.41) is 9.91. The molecule has 0 amide bonds. The van der Waals surface area contributed by atoms with E-state index in [-0.39, 0.29) is 0 Å². The van der Waals surface area contributed by atoms with Gasteiger partial charge in [0, 0.05) is 5.70 Å². The van der Waals surface area contributed by atoms with Crippen molar-refractivity contribution in [2.45, 2.75) is 13.8 Å². The average Bonchev–Trinajstić information content (AvgIpc) is 1.63. The fourth-order valence-corrected chi connectivity index (χ4v) is 0.438. The molecule has 0 atom stereocenters. The first kappa shape index (κ1) is 7.95. The molecule has 0 aromatic heterocycles. The van der Waals surface area contributed by atoms with Crippen molar-refractivity contribution in [1.29, 1.82) is 5.41 Å². The highest BCUT2D eigenvalue weighted by Crippen LogP contribution is 1.79. The van der Waals surface area contributed by atoms with E-state index in [1.807, 2.05) is 13.8 Å². The minimum Gasteiger partial charge on any atom is -0.345 e. The van der Waals surface area contributed by atoms with Gasteiger partial charge in [-0.2, -0.15) is 0 Å². The highest BCUT2D eigenvalue weighted by atomic mass is 14.9. The average molecular weight is 124 g/mol. The Morgan fingerprint density at radius 3 is 2.56 bits per heavy atom. The van der Waals surface area contributed by atoms with E-state index in [2.05, 4.69) is 11.9 Å². The lowest BCUT2D eigenvalue weighted by Gasteiger charge is -1.99. The van der Waals surface area contributed by atoms with Gasteiger partial charge in [-0.15, -0.1) is 0 Å². The minimum atomic E-state index is 0.380. The van der Waals surface area contributed by atoms with Crippen molar-refractivity contribution in [3.05, 3.63) is 24.4 Å². The zero-order chi connectivity index (χ0) is 7.28. The fourth-order valence-electron chi connectivity index (χ4n) is 0.438. The van der Waals surface area contributed by atoms with Gasteiger partial charge in [0.2, 0.25) is 0 Å². The van der Waals surface area contributed by atoms with Crippen LogP contribution in [0.3, 0.4) is 0 Å². The van der Waals surface area contributed by atoms with Crippen molar-refractivity contribution >= 4 is 5.84 Å². The van der Waals surface area contributed by atoms with Crippen LogP contribution in [0.5, 0.6) is 0 Å². The van der Waals surface area contributed by atoms with Gasteiger partial charge >= 0.3 is 0 Å². The lowest BCUT2D eigenvalue weighted by Crippen LogP contribution is -2.16. The Morgan fingerprint density at radius 2 is 2.22 bits per heavy atom. The van der Waals surface area contributed by atoms with Crippen LogP contribution in [0.4, 0.5) is 0 Å². The SMILES string of the molecule is C=C(C)NC(=N)/C=C\C. The summed E-state index contributed by atoms with van der Waals surface area (Å²) in [5.41, 5.74) is 0.790. The van der Waals surface area contributed by atoms with E-state index in [1.54, 1.807) is 12.2 Å². The first-order valence-electron chi connectivity index (χ1n) is 2.80. The lowest BCUT2D eigenvalue weighted by atomic mass is 10.4. The largest absolute Gasteiger partial charge is 0.345 e. The Balaban J connectivity index is 3.64. The van der Waals surface area contributed by atoms with Crippen molar-refractivity contribution in [1.82, 2.24) is 5.32 Å². The van der Waals surface area contributed by atoms with E-state index in [0.717, 1.165) is 5.70 Å². The van der Waals surface area contributed by atoms with Crippen LogP contribution in [0.1, 0.15) is 13.8 Å². The highest BCUT2D eigenvalue weighted by molar-refractivity contribution is 5.91. The second-order valence-corrected chi connectivity index (χ2v) is 1.82. The number of nitrogens with one attached hydrogen (secondary N) is 2. The van der Waals surface area contributed by atoms with Crippen LogP contribution in [0.15, 0.2) is 24.4 Å². The molecule has 0 aliphatic rings. The van der Waals surface area contributed by atoms with Crippen LogP contribution in [-0.4, -0.2) is 5.84 Å². The molecule has 0 rings (SSSR count). The summed E-state index contributed by atoms with van der Waals surface area (Å²) < 4.78 is 0. The van der Waals surface area contributed by atoms with Gasteiger partial charge in [-0.05, 0) is 19.9 Å². The smallest absolute Gasteiger partial charge is 0.121 e. The van der Waals surface area contributed by atoms with Gasteiger partial charge in [0.15, 0.2) is 0 Å². The van der Waals surface area contributed by atoms with E-state index in [0.29, 0.717) is 5.84 Å². The zero-order valence-electron chi connectivity index (χ0n) is 5.86. The first-order valence-corrected chi connectivity index (χ1v) is 2.80. The van der Waals surface area contributed by atoms with Crippen LogP contribution in [0, 0.1) is 5.41 Å². The van der Waals surface area contributed by atoms with Gasteiger partial charge < -0.3 is 5.32 Å². The number of rotatable bonds is 2. The Kier molecular flexibility index (Phi) is 3.44. The standard InChI is InChI=1S/C7H12N2/c1-4-5-7(8)9-6(2)3/h4-5H,2H2,1,3H3,(H2,8,9)/b5-4-. The zero-order valence-corrected chi connectivity index (χ0v) is 5.86. The van der Waals surface area contributed by atoms with Crippen molar-refractivity contribution in [2.24, 2.45) is 0 Å². The second-order valence-electron chi connectivity index (χ2n) is 1.82. The summed E-state index contributed by atoms with van der Waals surface area (Å²) in [4.78, 5) is 0. The quantitative estimate of drug-likeness (QED) is 0.426. The number of hydrogen-bond donors (Lipinski definition) is 2. The topological polar surface area (TPSA) is 35.9 Å². The van der Waals surface area contributed by atoms with E-state index in [9.17, 15) is 0 Å². The Hall–Kier alpha value is -1.05. The van der Waals surface area contributed by atoms with Gasteiger partial charge in [0.25, 0.3) is 0 Å². The predicted molar refractivity (Wildman–Crippen MR) is 40.5 cm³/mol. The summed E-state index contributed by atoms with van der Waals surface area (Å²) in [6.45, 7) is 7.28. The summed E-state index contributed by atoms with van der Waals surface area (Å²) in [6, 6.07) is 0. The maximum Gasteiger partial charge on any atom is 0.121 e. The Labute approximate surface area is 55.8 Å². The normalized spacial score (nSPS) is 9.56. The van der Waals surface area contributed by atoms with E-state index in [4.69, 9.17) is 5.41 Å². The molecule has 0 unspecified atom stereocenters. The molecular formula is C7H12N2. The molecule has 0 aromatic rings. The predicted octanol–water partition coefficient (Wildman–Crippen LogP) is 1.66. The molecule has 0 fully saturated rings. The monoisotopic (exact) mass is 124 g/mol. The second kappa shape index (κ2) is 3.89. The van der Waals surface area contributed by atoms with Crippen molar-refractivity contribution in [3.63, 3.8) is 0 Å². The molecule has 2 nitrogen and oxygen atoms in total. The van der Waals surface area contributed by atoms with Gasteiger partial charge in [0.05, 0.1) is 0 Å². The van der Waals surface area contributed by atoms with Crippen molar-refractivity contribution < 1.29 is 0 Å². The molecule has 0 saturated carbocycles. The first-order chi connectivity index (χ1) is 4.16. The van der Waals surface area contributed by atoms with Crippen LogP contribution in [-0.2, 0) is 0 Å². The Morgan fingerprint density at radius 1 is 1.67 bits per heavy atom. The lowest BCUT2D eigenvalue weighted by molar-refractivity contribution is 1.12. The highest BCUT2D eigenvalue weighted by Gasteiger charge is 1.84. The third-order valence-corrected chi connectivity index (χ3v) is 0.681. The third-order valence-electron chi connectivity index (χ3n) is 0.681. The molecule has 50 valence electrons. The van der Waals surface area contributed by atoms with Crippen LogP contribution in [0.2, 0.25) is 0 Å². The molecule has 0 aliphatic carbocycles. The maximum absolute atomic E-state index is 7.16. The molecule has 0 bridgehead atoms. The molecule has 2 N–H and O–H groups in total. The maximum atomic E-state index is 7.16. The Bertz CT molecular complexity index is 145. The summed E-state index contributed by atoms with van der Waals surface area (Å²) in [5.74, 6) is 0.380. The molecule has 9 heavy (non-hydrogen) atoms. The van der Waals surface area contributed by atoms with E-state index in [1.165, 1.54) is 0 Å². The van der Waals surface area contributed by atoms with Gasteiger partial charge in [-0.3, -0.25) is 5.41 Å². The number of allylic oxidation sites excluding steroid dienone is 2. The molecule has 0 spiro atoms. The van der Waals surface area contributed by atoms with Gasteiger partial charge in [-0.1, -0.05) is 12.7 Å². The molecule has 0 aliphatic heterocycles. The summed E-state index contributed by atoms with van der Waals surface area (Å²) in [6.07, 6.45) is 3.48. The molecular weight excluding hydrogens is 112 g/mol. The summed E-state index contributed by atoms with van der Waals surface area (Å²) >= 11 is 0.